The number of methoxy groups -OCH3 is 1. The monoisotopic (exact) mass is 243 g/mol. The lowest BCUT2D eigenvalue weighted by Crippen LogP contribution is -2.22. The minimum Gasteiger partial charge on any atom is -0.497 e. The SMILES string of the molecule is CCc1cc(OC)ccc1CC(N)CC.Cl. The molecule has 0 radical (unpaired) electrons. The van der Waals surface area contributed by atoms with Crippen LogP contribution in [0.25, 0.3) is 0 Å². The van der Waals surface area contributed by atoms with Crippen molar-refractivity contribution >= 4 is 12.4 Å². The minimum atomic E-state index is 0. The van der Waals surface area contributed by atoms with Crippen molar-refractivity contribution < 1.29 is 4.74 Å². The number of ether oxygens (including phenoxy) is 1. The van der Waals surface area contributed by atoms with Crippen LogP contribution in [-0.2, 0) is 12.8 Å². The van der Waals surface area contributed by atoms with Crippen LogP contribution in [0.15, 0.2) is 18.2 Å². The van der Waals surface area contributed by atoms with Crippen molar-refractivity contribution in [1.29, 1.82) is 0 Å². The molecule has 1 aromatic rings. The second-order valence-corrected chi connectivity index (χ2v) is 3.86. The van der Waals surface area contributed by atoms with Gasteiger partial charge < -0.3 is 10.5 Å². The molecule has 2 N–H and O–H groups in total. The van der Waals surface area contributed by atoms with Gasteiger partial charge in [0.05, 0.1) is 7.11 Å². The molecule has 0 bridgehead atoms. The largest absolute Gasteiger partial charge is 0.497 e. The van der Waals surface area contributed by atoms with Crippen LogP contribution in [0, 0.1) is 0 Å². The third-order valence-corrected chi connectivity index (χ3v) is 2.80. The van der Waals surface area contributed by atoms with Crippen LogP contribution in [0.5, 0.6) is 5.75 Å². The van der Waals surface area contributed by atoms with E-state index in [-0.39, 0.29) is 18.4 Å². The fourth-order valence-corrected chi connectivity index (χ4v) is 1.68. The quantitative estimate of drug-likeness (QED) is 0.863. The van der Waals surface area contributed by atoms with E-state index < -0.39 is 0 Å². The molecule has 3 heteroatoms. The van der Waals surface area contributed by atoms with E-state index in [1.165, 1.54) is 11.1 Å². The van der Waals surface area contributed by atoms with Gasteiger partial charge in [0.15, 0.2) is 0 Å². The van der Waals surface area contributed by atoms with Crippen LogP contribution in [0.3, 0.4) is 0 Å². The Morgan fingerprint density at radius 2 is 1.94 bits per heavy atom. The first-order valence-electron chi connectivity index (χ1n) is 5.62. The van der Waals surface area contributed by atoms with Crippen molar-refractivity contribution in [1.82, 2.24) is 0 Å². The van der Waals surface area contributed by atoms with Crippen LogP contribution in [0.4, 0.5) is 0 Å². The average molecular weight is 244 g/mol. The summed E-state index contributed by atoms with van der Waals surface area (Å²) >= 11 is 0. The molecule has 0 amide bonds. The summed E-state index contributed by atoms with van der Waals surface area (Å²) in [5, 5.41) is 0. The zero-order valence-corrected chi connectivity index (χ0v) is 11.1. The molecule has 0 aliphatic heterocycles. The average Bonchev–Trinajstić information content (AvgIpc) is 2.29. The first-order chi connectivity index (χ1) is 7.21. The van der Waals surface area contributed by atoms with Gasteiger partial charge >= 0.3 is 0 Å². The van der Waals surface area contributed by atoms with E-state index in [0.29, 0.717) is 0 Å². The summed E-state index contributed by atoms with van der Waals surface area (Å²) in [5.74, 6) is 0.931. The molecule has 0 spiro atoms. The smallest absolute Gasteiger partial charge is 0.119 e. The first-order valence-corrected chi connectivity index (χ1v) is 5.62. The molecular weight excluding hydrogens is 222 g/mol. The summed E-state index contributed by atoms with van der Waals surface area (Å²) in [5.41, 5.74) is 8.67. The summed E-state index contributed by atoms with van der Waals surface area (Å²) in [6, 6.07) is 6.52. The van der Waals surface area contributed by atoms with Gasteiger partial charge in [-0.15, -0.1) is 12.4 Å². The predicted molar refractivity (Wildman–Crippen MR) is 71.6 cm³/mol. The Bertz CT molecular complexity index is 315. The summed E-state index contributed by atoms with van der Waals surface area (Å²) in [7, 11) is 1.70. The van der Waals surface area contributed by atoms with Gasteiger partial charge in [-0.25, -0.2) is 0 Å². The highest BCUT2D eigenvalue weighted by atomic mass is 35.5. The number of rotatable bonds is 5. The highest BCUT2D eigenvalue weighted by Gasteiger charge is 2.06. The third-order valence-electron chi connectivity index (χ3n) is 2.80. The Labute approximate surface area is 105 Å². The Balaban J connectivity index is 0.00000225. The molecule has 1 atom stereocenters. The van der Waals surface area contributed by atoms with Gasteiger partial charge in [-0.1, -0.05) is 19.9 Å². The van der Waals surface area contributed by atoms with E-state index >= 15 is 0 Å². The van der Waals surface area contributed by atoms with Crippen molar-refractivity contribution in [2.45, 2.75) is 39.2 Å². The maximum Gasteiger partial charge on any atom is 0.119 e. The van der Waals surface area contributed by atoms with Gasteiger partial charge in [0.25, 0.3) is 0 Å². The van der Waals surface area contributed by atoms with E-state index in [9.17, 15) is 0 Å². The molecule has 92 valence electrons. The second kappa shape index (κ2) is 7.53. The highest BCUT2D eigenvalue weighted by Crippen LogP contribution is 2.19. The van der Waals surface area contributed by atoms with Gasteiger partial charge in [0, 0.05) is 6.04 Å². The topological polar surface area (TPSA) is 35.2 Å². The Morgan fingerprint density at radius 1 is 1.25 bits per heavy atom. The molecule has 16 heavy (non-hydrogen) atoms. The van der Waals surface area contributed by atoms with Crippen LogP contribution in [0.1, 0.15) is 31.4 Å². The Hall–Kier alpha value is -0.730. The van der Waals surface area contributed by atoms with E-state index in [1.807, 2.05) is 6.07 Å². The van der Waals surface area contributed by atoms with Gasteiger partial charge in [-0.2, -0.15) is 0 Å². The standard InChI is InChI=1S/C13H21NO.ClH/c1-4-10-9-13(15-3)7-6-11(10)8-12(14)5-2;/h6-7,9,12H,4-5,8,14H2,1-3H3;1H. The normalized spacial score (nSPS) is 11.8. The Kier molecular flexibility index (Phi) is 7.18. The number of halogens is 1. The van der Waals surface area contributed by atoms with Crippen LogP contribution < -0.4 is 10.5 Å². The Morgan fingerprint density at radius 3 is 2.44 bits per heavy atom. The fourth-order valence-electron chi connectivity index (χ4n) is 1.68. The lowest BCUT2D eigenvalue weighted by Gasteiger charge is -2.13. The second-order valence-electron chi connectivity index (χ2n) is 3.86. The summed E-state index contributed by atoms with van der Waals surface area (Å²) in [6.07, 6.45) is 3.02. The lowest BCUT2D eigenvalue weighted by molar-refractivity contribution is 0.414. The van der Waals surface area contributed by atoms with E-state index in [0.717, 1.165) is 25.0 Å². The molecule has 0 heterocycles. The van der Waals surface area contributed by atoms with Crippen molar-refractivity contribution in [3.8, 4) is 5.75 Å². The molecule has 2 nitrogen and oxygen atoms in total. The van der Waals surface area contributed by atoms with Crippen molar-refractivity contribution in [3.63, 3.8) is 0 Å². The van der Waals surface area contributed by atoms with Crippen molar-refractivity contribution in [3.05, 3.63) is 29.3 Å². The molecule has 0 saturated carbocycles. The third kappa shape index (κ3) is 4.03. The molecule has 1 rings (SSSR count). The van der Waals surface area contributed by atoms with Crippen LogP contribution in [0.2, 0.25) is 0 Å². The summed E-state index contributed by atoms with van der Waals surface area (Å²) in [4.78, 5) is 0. The van der Waals surface area contributed by atoms with Gasteiger partial charge in [0.1, 0.15) is 5.75 Å². The maximum absolute atomic E-state index is 5.97. The highest BCUT2D eigenvalue weighted by molar-refractivity contribution is 5.85. The zero-order chi connectivity index (χ0) is 11.3. The molecule has 0 saturated heterocycles. The number of aryl methyl sites for hydroxylation is 1. The molecule has 1 aromatic carbocycles. The van der Waals surface area contributed by atoms with Crippen LogP contribution in [-0.4, -0.2) is 13.2 Å². The van der Waals surface area contributed by atoms with Crippen molar-refractivity contribution in [2.24, 2.45) is 5.73 Å². The number of hydrogen-bond acceptors (Lipinski definition) is 2. The van der Waals surface area contributed by atoms with Gasteiger partial charge in [0.2, 0.25) is 0 Å². The van der Waals surface area contributed by atoms with Gasteiger partial charge in [-0.3, -0.25) is 0 Å². The molecule has 0 aliphatic rings. The first kappa shape index (κ1) is 15.3. The van der Waals surface area contributed by atoms with Crippen molar-refractivity contribution in [2.75, 3.05) is 7.11 Å². The van der Waals surface area contributed by atoms with E-state index in [1.54, 1.807) is 7.11 Å². The molecule has 0 aliphatic carbocycles. The maximum atomic E-state index is 5.97. The molecule has 0 aromatic heterocycles. The fraction of sp³-hybridized carbons (Fsp3) is 0.538. The van der Waals surface area contributed by atoms with Crippen LogP contribution >= 0.6 is 12.4 Å². The number of nitrogens with two attached hydrogens (primary N) is 1. The van der Waals surface area contributed by atoms with E-state index in [2.05, 4.69) is 26.0 Å². The molecule has 0 fully saturated rings. The summed E-state index contributed by atoms with van der Waals surface area (Å²) in [6.45, 7) is 4.29. The molecule has 1 unspecified atom stereocenters. The number of hydrogen-bond donors (Lipinski definition) is 1. The minimum absolute atomic E-state index is 0. The molecular formula is C13H22ClNO. The predicted octanol–water partition coefficient (Wildman–Crippen LogP) is 2.96. The number of benzene rings is 1. The lowest BCUT2D eigenvalue weighted by atomic mass is 9.98. The van der Waals surface area contributed by atoms with Gasteiger partial charge in [-0.05, 0) is 42.5 Å². The zero-order valence-electron chi connectivity index (χ0n) is 10.3. The summed E-state index contributed by atoms with van der Waals surface area (Å²) < 4.78 is 5.21. The van der Waals surface area contributed by atoms with E-state index in [4.69, 9.17) is 10.5 Å².